The predicted molar refractivity (Wildman–Crippen MR) is 71.4 cm³/mol. The number of rotatable bonds is 2. The van der Waals surface area contributed by atoms with Gasteiger partial charge in [0.2, 0.25) is 0 Å². The maximum absolute atomic E-state index is 13.4. The van der Waals surface area contributed by atoms with Gasteiger partial charge in [0.05, 0.1) is 5.69 Å². The molecule has 2 rings (SSSR count). The Kier molecular flexibility index (Phi) is 4.85. The number of anilines is 1. The first-order valence-corrected chi connectivity index (χ1v) is 6.68. The van der Waals surface area contributed by atoms with Crippen LogP contribution in [0.5, 0.6) is 0 Å². The quantitative estimate of drug-likeness (QED) is 0.804. The third-order valence-corrected chi connectivity index (χ3v) is 3.46. The number of nitrogens with zero attached hydrogens (tertiary/aromatic N) is 1. The maximum Gasteiger partial charge on any atom is 0.313 e. The molecule has 2 N–H and O–H groups in total. The molecule has 0 bridgehead atoms. The fourth-order valence-electron chi connectivity index (χ4n) is 2.32. The second kappa shape index (κ2) is 6.62. The summed E-state index contributed by atoms with van der Waals surface area (Å²) in [6.45, 7) is 0.646. The molecule has 1 aliphatic rings. The highest BCUT2D eigenvalue weighted by Crippen LogP contribution is 2.18. The first-order chi connectivity index (χ1) is 10.0. The number of carbonyl (C=O) groups is 2. The van der Waals surface area contributed by atoms with Crippen LogP contribution in [0, 0.1) is 17.6 Å². The zero-order valence-electron chi connectivity index (χ0n) is 11.3. The lowest BCUT2D eigenvalue weighted by Crippen LogP contribution is -2.46. The minimum atomic E-state index is -1.20. The zero-order valence-corrected chi connectivity index (χ0v) is 11.3. The number of piperidine rings is 1. The summed E-state index contributed by atoms with van der Waals surface area (Å²) in [5.41, 5.74) is -0.371. The van der Waals surface area contributed by atoms with Gasteiger partial charge in [-0.05, 0) is 30.9 Å². The zero-order chi connectivity index (χ0) is 15.4. The van der Waals surface area contributed by atoms with Crippen LogP contribution in [0.2, 0.25) is 0 Å². The summed E-state index contributed by atoms with van der Waals surface area (Å²) in [6.07, 6.45) is 1.49. The molecular weight excluding hydrogens is 282 g/mol. The summed E-state index contributed by atoms with van der Waals surface area (Å²) in [6, 6.07) is 3.33. The number of likely N-dealkylation sites (tertiary alicyclic amines) is 1. The Morgan fingerprint density at radius 2 is 2.14 bits per heavy atom. The number of carbonyl (C=O) groups excluding carboxylic acids is 2. The number of benzene rings is 1. The van der Waals surface area contributed by atoms with Crippen LogP contribution < -0.4 is 5.32 Å². The molecule has 2 amide bonds. The average molecular weight is 298 g/mol. The molecule has 5 nitrogen and oxygen atoms in total. The fraction of sp³-hybridized carbons (Fsp3) is 0.429. The van der Waals surface area contributed by atoms with Crippen LogP contribution in [0.1, 0.15) is 12.8 Å². The molecule has 0 aliphatic carbocycles. The third kappa shape index (κ3) is 3.55. The topological polar surface area (TPSA) is 69.6 Å². The molecule has 1 heterocycles. The van der Waals surface area contributed by atoms with Crippen LogP contribution in [-0.4, -0.2) is 41.5 Å². The largest absolute Gasteiger partial charge is 0.396 e. The summed E-state index contributed by atoms with van der Waals surface area (Å²) in [7, 11) is 0. The molecule has 0 saturated carbocycles. The first-order valence-electron chi connectivity index (χ1n) is 6.68. The number of aliphatic hydroxyl groups excluding tert-OH is 1. The lowest BCUT2D eigenvalue weighted by Gasteiger charge is -2.31. The van der Waals surface area contributed by atoms with Crippen LogP contribution in [0.25, 0.3) is 0 Å². The molecule has 0 radical (unpaired) electrons. The molecule has 1 fully saturated rings. The van der Waals surface area contributed by atoms with Crippen molar-refractivity contribution in [3.05, 3.63) is 29.8 Å². The number of hydrogen-bond donors (Lipinski definition) is 2. The number of amides is 2. The number of halogens is 2. The van der Waals surface area contributed by atoms with Gasteiger partial charge in [-0.25, -0.2) is 8.78 Å². The lowest BCUT2D eigenvalue weighted by molar-refractivity contribution is -0.144. The normalized spacial score (nSPS) is 18.4. The molecule has 0 aromatic heterocycles. The van der Waals surface area contributed by atoms with Gasteiger partial charge in [-0.3, -0.25) is 9.59 Å². The van der Waals surface area contributed by atoms with Crippen molar-refractivity contribution in [2.75, 3.05) is 25.0 Å². The van der Waals surface area contributed by atoms with Gasteiger partial charge in [0.1, 0.15) is 0 Å². The van der Waals surface area contributed by atoms with Gasteiger partial charge in [0, 0.05) is 19.7 Å². The molecule has 1 unspecified atom stereocenters. The Hall–Kier alpha value is -2.02. The van der Waals surface area contributed by atoms with E-state index in [9.17, 15) is 18.4 Å². The smallest absolute Gasteiger partial charge is 0.313 e. The van der Waals surface area contributed by atoms with E-state index >= 15 is 0 Å². The Bertz CT molecular complexity index is 551. The second-order valence-corrected chi connectivity index (χ2v) is 5.00. The molecule has 1 atom stereocenters. The number of aliphatic hydroxyl groups is 1. The molecule has 1 saturated heterocycles. The molecular formula is C14H16F2N2O3. The molecule has 1 aliphatic heterocycles. The van der Waals surface area contributed by atoms with Gasteiger partial charge in [-0.1, -0.05) is 6.07 Å². The predicted octanol–water partition coefficient (Wildman–Crippen LogP) is 1.13. The van der Waals surface area contributed by atoms with E-state index in [0.717, 1.165) is 12.5 Å². The second-order valence-electron chi connectivity index (χ2n) is 5.00. The Balaban J connectivity index is 2.02. The van der Waals surface area contributed by atoms with Crippen LogP contribution in [-0.2, 0) is 9.59 Å². The van der Waals surface area contributed by atoms with Crippen LogP contribution in [0.15, 0.2) is 18.2 Å². The third-order valence-electron chi connectivity index (χ3n) is 3.46. The highest BCUT2D eigenvalue weighted by Gasteiger charge is 2.28. The van der Waals surface area contributed by atoms with Crippen LogP contribution in [0.4, 0.5) is 14.5 Å². The number of hydrogen-bond acceptors (Lipinski definition) is 3. The van der Waals surface area contributed by atoms with E-state index in [0.29, 0.717) is 13.0 Å². The molecule has 1 aromatic rings. The monoisotopic (exact) mass is 298 g/mol. The van der Waals surface area contributed by atoms with E-state index in [1.54, 1.807) is 0 Å². The van der Waals surface area contributed by atoms with Crippen LogP contribution >= 0.6 is 0 Å². The summed E-state index contributed by atoms with van der Waals surface area (Å²) in [5, 5.41) is 11.2. The summed E-state index contributed by atoms with van der Waals surface area (Å²) in [4.78, 5) is 25.1. The minimum Gasteiger partial charge on any atom is -0.396 e. The first kappa shape index (κ1) is 15.4. The van der Waals surface area contributed by atoms with Gasteiger partial charge in [0.25, 0.3) is 0 Å². The van der Waals surface area contributed by atoms with Gasteiger partial charge in [0.15, 0.2) is 11.6 Å². The van der Waals surface area contributed by atoms with Crippen molar-refractivity contribution in [2.45, 2.75) is 12.8 Å². The van der Waals surface area contributed by atoms with Crippen molar-refractivity contribution in [3.63, 3.8) is 0 Å². The molecule has 7 heteroatoms. The Morgan fingerprint density at radius 3 is 2.86 bits per heavy atom. The van der Waals surface area contributed by atoms with Crippen molar-refractivity contribution >= 4 is 17.5 Å². The van der Waals surface area contributed by atoms with Gasteiger partial charge >= 0.3 is 11.8 Å². The average Bonchev–Trinajstić information content (AvgIpc) is 2.51. The van der Waals surface area contributed by atoms with Crippen molar-refractivity contribution in [1.29, 1.82) is 0 Å². The standard InChI is InChI=1S/C14H16F2N2O3/c15-10-4-1-5-11(12(10)16)17-13(20)14(21)18-6-2-3-9(7-18)8-19/h1,4-5,9,19H,2-3,6-8H2,(H,17,20). The van der Waals surface area contributed by atoms with E-state index in [1.165, 1.54) is 17.0 Å². The van der Waals surface area contributed by atoms with E-state index in [-0.39, 0.29) is 24.8 Å². The maximum atomic E-state index is 13.4. The summed E-state index contributed by atoms with van der Waals surface area (Å²) >= 11 is 0. The van der Waals surface area contributed by atoms with Crippen molar-refractivity contribution < 1.29 is 23.5 Å². The molecule has 114 valence electrons. The summed E-state index contributed by atoms with van der Waals surface area (Å²) < 4.78 is 26.5. The fourth-order valence-corrected chi connectivity index (χ4v) is 2.32. The minimum absolute atomic E-state index is 0.0517. The van der Waals surface area contributed by atoms with Crippen molar-refractivity contribution in [1.82, 2.24) is 4.90 Å². The SMILES string of the molecule is O=C(Nc1cccc(F)c1F)C(=O)N1CCCC(CO)C1. The van der Waals surface area contributed by atoms with E-state index in [4.69, 9.17) is 5.11 Å². The highest BCUT2D eigenvalue weighted by atomic mass is 19.2. The lowest BCUT2D eigenvalue weighted by atomic mass is 9.99. The Labute approximate surface area is 120 Å². The van der Waals surface area contributed by atoms with Crippen LogP contribution in [0.3, 0.4) is 0 Å². The van der Waals surface area contributed by atoms with E-state index in [2.05, 4.69) is 5.32 Å². The molecule has 1 aromatic carbocycles. The highest BCUT2D eigenvalue weighted by molar-refractivity contribution is 6.39. The van der Waals surface area contributed by atoms with E-state index in [1.807, 2.05) is 0 Å². The number of nitrogens with one attached hydrogen (secondary N) is 1. The molecule has 0 spiro atoms. The van der Waals surface area contributed by atoms with Crippen molar-refractivity contribution in [2.24, 2.45) is 5.92 Å². The van der Waals surface area contributed by atoms with E-state index < -0.39 is 23.4 Å². The van der Waals surface area contributed by atoms with Gasteiger partial charge < -0.3 is 15.3 Å². The molecule has 21 heavy (non-hydrogen) atoms. The van der Waals surface area contributed by atoms with Crippen molar-refractivity contribution in [3.8, 4) is 0 Å². The Morgan fingerprint density at radius 1 is 1.38 bits per heavy atom. The summed E-state index contributed by atoms with van der Waals surface area (Å²) in [5.74, 6) is -4.18. The van der Waals surface area contributed by atoms with Gasteiger partial charge in [-0.2, -0.15) is 0 Å². The van der Waals surface area contributed by atoms with Gasteiger partial charge in [-0.15, -0.1) is 0 Å².